The second-order valence-electron chi connectivity index (χ2n) is 4.49. The first-order valence-electron chi connectivity index (χ1n) is 6.27. The van der Waals surface area contributed by atoms with E-state index in [4.69, 9.17) is 5.84 Å². The van der Waals surface area contributed by atoms with Crippen molar-refractivity contribution >= 4 is 11.9 Å². The molecule has 3 rings (SSSR count). The number of nitrogen functional groups attached to an aromatic ring is 1. The number of aromatic nitrogens is 6. The SMILES string of the molecule is NNc1nc(N2CCCC(O)C2)nc(-n2cncn2)n1. The quantitative estimate of drug-likeness (QED) is 0.462. The van der Waals surface area contributed by atoms with Crippen LogP contribution in [0.15, 0.2) is 12.7 Å². The van der Waals surface area contributed by atoms with E-state index in [0.29, 0.717) is 18.4 Å². The van der Waals surface area contributed by atoms with Crippen molar-refractivity contribution in [3.05, 3.63) is 12.7 Å². The van der Waals surface area contributed by atoms with Crippen LogP contribution in [0.25, 0.3) is 5.95 Å². The zero-order chi connectivity index (χ0) is 13.9. The molecule has 0 aliphatic carbocycles. The number of nitrogens with two attached hydrogens (primary N) is 1. The molecule has 0 aromatic carbocycles. The Morgan fingerprint density at radius 1 is 1.30 bits per heavy atom. The lowest BCUT2D eigenvalue weighted by Gasteiger charge is -2.30. The van der Waals surface area contributed by atoms with E-state index in [1.807, 2.05) is 4.90 Å². The molecule has 2 aromatic heterocycles. The number of aliphatic hydroxyl groups excluding tert-OH is 1. The van der Waals surface area contributed by atoms with Crippen LogP contribution in [0.2, 0.25) is 0 Å². The second-order valence-corrected chi connectivity index (χ2v) is 4.49. The fraction of sp³-hybridized carbons (Fsp3) is 0.500. The number of hydrogen-bond donors (Lipinski definition) is 3. The Labute approximate surface area is 114 Å². The number of rotatable bonds is 3. The number of nitrogens with one attached hydrogen (secondary N) is 1. The average molecular weight is 277 g/mol. The zero-order valence-electron chi connectivity index (χ0n) is 10.7. The number of anilines is 2. The first-order valence-corrected chi connectivity index (χ1v) is 6.27. The van der Waals surface area contributed by atoms with Gasteiger partial charge in [-0.1, -0.05) is 0 Å². The van der Waals surface area contributed by atoms with Crippen LogP contribution in [0.1, 0.15) is 12.8 Å². The fourth-order valence-corrected chi connectivity index (χ4v) is 2.11. The topological polar surface area (TPSA) is 131 Å². The van der Waals surface area contributed by atoms with Crippen molar-refractivity contribution in [2.75, 3.05) is 23.4 Å². The number of hydrogen-bond acceptors (Lipinski definition) is 9. The highest BCUT2D eigenvalue weighted by Gasteiger charge is 2.21. The van der Waals surface area contributed by atoms with Crippen LogP contribution in [0, 0.1) is 0 Å². The summed E-state index contributed by atoms with van der Waals surface area (Å²) in [5, 5.41) is 13.7. The molecule has 2 aromatic rings. The molecule has 0 amide bonds. The predicted octanol–water partition coefficient (Wildman–Crippen LogP) is -1.30. The Morgan fingerprint density at radius 3 is 2.85 bits per heavy atom. The average Bonchev–Trinajstić information content (AvgIpc) is 3.01. The van der Waals surface area contributed by atoms with Gasteiger partial charge in [-0.3, -0.25) is 5.43 Å². The summed E-state index contributed by atoms with van der Waals surface area (Å²) in [6.45, 7) is 1.27. The predicted molar refractivity (Wildman–Crippen MR) is 70.0 cm³/mol. The van der Waals surface area contributed by atoms with E-state index in [1.165, 1.54) is 17.3 Å². The zero-order valence-corrected chi connectivity index (χ0v) is 10.7. The van der Waals surface area contributed by atoms with E-state index in [9.17, 15) is 5.11 Å². The summed E-state index contributed by atoms with van der Waals surface area (Å²) in [7, 11) is 0. The minimum Gasteiger partial charge on any atom is -0.391 e. The fourth-order valence-electron chi connectivity index (χ4n) is 2.11. The molecule has 1 atom stereocenters. The summed E-state index contributed by atoms with van der Waals surface area (Å²) in [6.07, 6.45) is 4.19. The number of hydrazine groups is 1. The molecule has 1 unspecified atom stereocenters. The Hall–Kier alpha value is -2.33. The summed E-state index contributed by atoms with van der Waals surface area (Å²) in [4.78, 5) is 18.4. The summed E-state index contributed by atoms with van der Waals surface area (Å²) >= 11 is 0. The van der Waals surface area contributed by atoms with Crippen LogP contribution in [0.3, 0.4) is 0 Å². The highest BCUT2D eigenvalue weighted by molar-refractivity contribution is 5.39. The van der Waals surface area contributed by atoms with Gasteiger partial charge in [0, 0.05) is 13.1 Å². The molecule has 0 saturated carbocycles. The van der Waals surface area contributed by atoms with Gasteiger partial charge in [0.15, 0.2) is 0 Å². The molecule has 4 N–H and O–H groups in total. The second kappa shape index (κ2) is 5.35. The maximum absolute atomic E-state index is 9.74. The van der Waals surface area contributed by atoms with Crippen LogP contribution >= 0.6 is 0 Å². The van der Waals surface area contributed by atoms with Gasteiger partial charge in [0.25, 0.3) is 5.95 Å². The monoisotopic (exact) mass is 277 g/mol. The smallest absolute Gasteiger partial charge is 0.258 e. The molecule has 0 bridgehead atoms. The third-order valence-electron chi connectivity index (χ3n) is 3.04. The maximum atomic E-state index is 9.74. The van der Waals surface area contributed by atoms with Crippen LogP contribution in [-0.4, -0.2) is 54.0 Å². The van der Waals surface area contributed by atoms with E-state index >= 15 is 0 Å². The molecule has 1 fully saturated rings. The van der Waals surface area contributed by atoms with Crippen molar-refractivity contribution < 1.29 is 5.11 Å². The minimum absolute atomic E-state index is 0.237. The number of piperidine rings is 1. The van der Waals surface area contributed by atoms with Gasteiger partial charge in [-0.15, -0.1) is 0 Å². The Bertz CT molecular complexity index is 572. The highest BCUT2D eigenvalue weighted by Crippen LogP contribution is 2.17. The van der Waals surface area contributed by atoms with Crippen molar-refractivity contribution in [2.24, 2.45) is 5.84 Å². The summed E-state index contributed by atoms with van der Waals surface area (Å²) in [6, 6.07) is 0. The maximum Gasteiger partial charge on any atom is 0.258 e. The summed E-state index contributed by atoms with van der Waals surface area (Å²) in [5.74, 6) is 6.39. The van der Waals surface area contributed by atoms with Crippen molar-refractivity contribution in [1.29, 1.82) is 0 Å². The molecule has 10 nitrogen and oxygen atoms in total. The molecule has 106 valence electrons. The van der Waals surface area contributed by atoms with Gasteiger partial charge in [0.05, 0.1) is 6.10 Å². The van der Waals surface area contributed by atoms with Gasteiger partial charge < -0.3 is 10.0 Å². The molecule has 10 heteroatoms. The van der Waals surface area contributed by atoms with E-state index in [1.54, 1.807) is 0 Å². The van der Waals surface area contributed by atoms with E-state index in [-0.39, 0.29) is 12.1 Å². The standard InChI is InChI=1S/C10H15N9O/c11-17-8-14-9(18-3-1-2-7(20)4-18)16-10(15-8)19-6-12-5-13-19/h5-7,20H,1-4,11H2,(H,14,15,16,17). The van der Waals surface area contributed by atoms with Crippen molar-refractivity contribution in [2.45, 2.75) is 18.9 Å². The minimum atomic E-state index is -0.371. The van der Waals surface area contributed by atoms with E-state index in [0.717, 1.165) is 19.4 Å². The highest BCUT2D eigenvalue weighted by atomic mass is 16.3. The van der Waals surface area contributed by atoms with Crippen molar-refractivity contribution in [3.63, 3.8) is 0 Å². The molecule has 1 saturated heterocycles. The Balaban J connectivity index is 1.96. The molecule has 1 aliphatic rings. The van der Waals surface area contributed by atoms with Gasteiger partial charge in [0.2, 0.25) is 11.9 Å². The molecular formula is C10H15N9O. The van der Waals surface area contributed by atoms with Crippen molar-refractivity contribution in [3.8, 4) is 5.95 Å². The Morgan fingerprint density at radius 2 is 2.15 bits per heavy atom. The number of aliphatic hydroxyl groups is 1. The third kappa shape index (κ3) is 2.51. The van der Waals surface area contributed by atoms with Gasteiger partial charge >= 0.3 is 0 Å². The normalized spacial score (nSPS) is 19.1. The van der Waals surface area contributed by atoms with Crippen LogP contribution in [0.5, 0.6) is 0 Å². The van der Waals surface area contributed by atoms with Gasteiger partial charge in [-0.2, -0.15) is 24.7 Å². The number of nitrogens with zero attached hydrogens (tertiary/aromatic N) is 7. The largest absolute Gasteiger partial charge is 0.391 e. The third-order valence-corrected chi connectivity index (χ3v) is 3.04. The van der Waals surface area contributed by atoms with E-state index in [2.05, 4.69) is 30.5 Å². The van der Waals surface area contributed by atoms with Crippen LogP contribution < -0.4 is 16.2 Å². The summed E-state index contributed by atoms with van der Waals surface area (Å²) in [5.41, 5.74) is 2.41. The van der Waals surface area contributed by atoms with Gasteiger partial charge in [-0.25, -0.2) is 10.8 Å². The molecular weight excluding hydrogens is 262 g/mol. The lowest BCUT2D eigenvalue weighted by atomic mass is 10.1. The molecule has 20 heavy (non-hydrogen) atoms. The van der Waals surface area contributed by atoms with E-state index < -0.39 is 0 Å². The summed E-state index contributed by atoms with van der Waals surface area (Å²) < 4.78 is 1.42. The van der Waals surface area contributed by atoms with Crippen molar-refractivity contribution in [1.82, 2.24) is 29.7 Å². The molecule has 0 radical (unpaired) electrons. The molecule has 1 aliphatic heterocycles. The molecule has 0 spiro atoms. The number of β-amino-alcohol motifs (C(OH)–C–C–N with tert-alkyl or cyclic N) is 1. The Kier molecular flexibility index (Phi) is 3.39. The van der Waals surface area contributed by atoms with Crippen LogP contribution in [0.4, 0.5) is 11.9 Å². The lowest BCUT2D eigenvalue weighted by Crippen LogP contribution is -2.39. The van der Waals surface area contributed by atoms with Gasteiger partial charge in [0.1, 0.15) is 12.7 Å². The van der Waals surface area contributed by atoms with Crippen LogP contribution in [-0.2, 0) is 0 Å². The first kappa shape index (κ1) is 12.7. The molecule has 3 heterocycles. The lowest BCUT2D eigenvalue weighted by molar-refractivity contribution is 0.153. The first-order chi connectivity index (χ1) is 9.76. The van der Waals surface area contributed by atoms with Gasteiger partial charge in [-0.05, 0) is 12.8 Å².